The van der Waals surface area contributed by atoms with Crippen LogP contribution in [0.5, 0.6) is 0 Å². The highest BCUT2D eigenvalue weighted by Crippen LogP contribution is 2.13. The summed E-state index contributed by atoms with van der Waals surface area (Å²) in [4.78, 5) is 21.0. The van der Waals surface area contributed by atoms with Crippen LogP contribution in [0.4, 0.5) is 0 Å². The third-order valence-electron chi connectivity index (χ3n) is 2.88. The molecule has 2 rings (SSSR count). The van der Waals surface area contributed by atoms with Crippen molar-refractivity contribution in [3.63, 3.8) is 0 Å². The molecule has 1 unspecified atom stereocenters. The van der Waals surface area contributed by atoms with E-state index in [0.717, 1.165) is 6.54 Å². The lowest BCUT2D eigenvalue weighted by molar-refractivity contribution is -0.00508. The molecule has 1 aromatic heterocycles. The summed E-state index contributed by atoms with van der Waals surface area (Å²) >= 11 is 0. The van der Waals surface area contributed by atoms with Crippen molar-refractivity contribution in [1.82, 2.24) is 14.9 Å². The lowest BCUT2D eigenvalue weighted by atomic mass is 10.2. The normalized spacial score (nSPS) is 21.4. The Morgan fingerprint density at radius 1 is 1.71 bits per heavy atom. The van der Waals surface area contributed by atoms with Crippen molar-refractivity contribution in [2.45, 2.75) is 19.5 Å². The van der Waals surface area contributed by atoms with Crippen LogP contribution in [0.2, 0.25) is 0 Å². The number of nitrogens with zero attached hydrogens (tertiary/aromatic N) is 3. The second-order valence-corrected chi connectivity index (χ2v) is 4.08. The molecule has 0 spiro atoms. The lowest BCUT2D eigenvalue weighted by Crippen LogP contribution is -2.43. The maximum absolute atomic E-state index is 11.0. The molecule has 0 radical (unpaired) electrons. The van der Waals surface area contributed by atoms with E-state index in [4.69, 9.17) is 9.84 Å². The number of carbonyl (C=O) groups is 1. The van der Waals surface area contributed by atoms with Gasteiger partial charge >= 0.3 is 5.97 Å². The highest BCUT2D eigenvalue weighted by atomic mass is 16.5. The van der Waals surface area contributed by atoms with E-state index in [1.54, 1.807) is 0 Å². The number of ether oxygens (including phenoxy) is 1. The molecule has 1 atom stereocenters. The molecule has 17 heavy (non-hydrogen) atoms. The second-order valence-electron chi connectivity index (χ2n) is 4.08. The molecule has 0 aromatic carbocycles. The van der Waals surface area contributed by atoms with Gasteiger partial charge in [-0.05, 0) is 6.92 Å². The summed E-state index contributed by atoms with van der Waals surface area (Å²) in [6.07, 6.45) is 2.72. The molecule has 1 N–H and O–H groups in total. The summed E-state index contributed by atoms with van der Waals surface area (Å²) in [5, 5.41) is 9.04. The maximum atomic E-state index is 11.0. The standard InChI is InChI=1S/C11H15N3O3/c1-8-6-17-3-2-14(8)5-10-9(11(15)16)4-12-7-13-10/h4,7-8H,2-3,5-6H2,1H3,(H,15,16). The molecular weight excluding hydrogens is 222 g/mol. The van der Waals surface area contributed by atoms with E-state index >= 15 is 0 Å². The number of aromatic nitrogens is 2. The smallest absolute Gasteiger partial charge is 0.339 e. The minimum Gasteiger partial charge on any atom is -0.478 e. The molecule has 92 valence electrons. The third-order valence-corrected chi connectivity index (χ3v) is 2.88. The van der Waals surface area contributed by atoms with Gasteiger partial charge in [-0.3, -0.25) is 4.90 Å². The fourth-order valence-corrected chi connectivity index (χ4v) is 1.85. The van der Waals surface area contributed by atoms with Crippen molar-refractivity contribution in [2.24, 2.45) is 0 Å². The molecule has 0 bridgehead atoms. The molecule has 1 aliphatic heterocycles. The van der Waals surface area contributed by atoms with Crippen molar-refractivity contribution in [2.75, 3.05) is 19.8 Å². The third kappa shape index (κ3) is 2.78. The van der Waals surface area contributed by atoms with Crippen molar-refractivity contribution < 1.29 is 14.6 Å². The fourth-order valence-electron chi connectivity index (χ4n) is 1.85. The van der Waals surface area contributed by atoms with E-state index in [-0.39, 0.29) is 11.6 Å². The van der Waals surface area contributed by atoms with E-state index in [0.29, 0.717) is 25.5 Å². The predicted octanol–water partition coefficient (Wildman–Crippen LogP) is 0.395. The Kier molecular flexibility index (Phi) is 3.65. The topological polar surface area (TPSA) is 75.5 Å². The molecule has 1 saturated heterocycles. The summed E-state index contributed by atoms with van der Waals surface area (Å²) in [5.74, 6) is -0.985. The van der Waals surface area contributed by atoms with Crippen LogP contribution in [-0.2, 0) is 11.3 Å². The maximum Gasteiger partial charge on any atom is 0.339 e. The summed E-state index contributed by atoms with van der Waals surface area (Å²) in [6, 6.07) is 0.278. The minimum absolute atomic E-state index is 0.172. The van der Waals surface area contributed by atoms with E-state index < -0.39 is 5.97 Å². The molecule has 0 amide bonds. The van der Waals surface area contributed by atoms with E-state index in [1.807, 2.05) is 0 Å². The van der Waals surface area contributed by atoms with E-state index in [9.17, 15) is 4.79 Å². The van der Waals surface area contributed by atoms with Gasteiger partial charge in [0, 0.05) is 25.3 Å². The molecule has 6 nitrogen and oxygen atoms in total. The molecule has 2 heterocycles. The Morgan fingerprint density at radius 3 is 3.24 bits per heavy atom. The first-order valence-corrected chi connectivity index (χ1v) is 5.52. The van der Waals surface area contributed by atoms with Gasteiger partial charge in [0.1, 0.15) is 11.9 Å². The monoisotopic (exact) mass is 237 g/mol. The molecule has 0 saturated carbocycles. The van der Waals surface area contributed by atoms with Gasteiger partial charge in [-0.2, -0.15) is 0 Å². The van der Waals surface area contributed by atoms with Crippen molar-refractivity contribution >= 4 is 5.97 Å². The average molecular weight is 237 g/mol. The Balaban J connectivity index is 2.14. The van der Waals surface area contributed by atoms with Crippen LogP contribution in [-0.4, -0.2) is 51.7 Å². The number of morpholine rings is 1. The van der Waals surface area contributed by atoms with Crippen molar-refractivity contribution in [3.05, 3.63) is 23.8 Å². The largest absolute Gasteiger partial charge is 0.478 e. The first-order chi connectivity index (χ1) is 8.18. The van der Waals surface area contributed by atoms with Crippen LogP contribution >= 0.6 is 0 Å². The minimum atomic E-state index is -0.985. The Hall–Kier alpha value is -1.53. The van der Waals surface area contributed by atoms with Crippen LogP contribution in [0.3, 0.4) is 0 Å². The van der Waals surface area contributed by atoms with Crippen molar-refractivity contribution in [1.29, 1.82) is 0 Å². The zero-order chi connectivity index (χ0) is 12.3. The van der Waals surface area contributed by atoms with Gasteiger partial charge in [-0.15, -0.1) is 0 Å². The summed E-state index contributed by atoms with van der Waals surface area (Å²) in [5.41, 5.74) is 0.729. The van der Waals surface area contributed by atoms with Gasteiger partial charge in [0.2, 0.25) is 0 Å². The van der Waals surface area contributed by atoms with Crippen LogP contribution in [0.25, 0.3) is 0 Å². The molecule has 6 heteroatoms. The van der Waals surface area contributed by atoms with Gasteiger partial charge in [-0.1, -0.05) is 0 Å². The van der Waals surface area contributed by atoms with E-state index in [1.165, 1.54) is 12.5 Å². The second kappa shape index (κ2) is 5.20. The average Bonchev–Trinajstić information content (AvgIpc) is 2.32. The van der Waals surface area contributed by atoms with Crippen molar-refractivity contribution in [3.8, 4) is 0 Å². The summed E-state index contributed by atoms with van der Waals surface area (Å²) in [7, 11) is 0. The zero-order valence-corrected chi connectivity index (χ0v) is 9.67. The summed E-state index contributed by atoms with van der Waals surface area (Å²) in [6.45, 7) is 4.73. The molecule has 0 aliphatic carbocycles. The first-order valence-electron chi connectivity index (χ1n) is 5.52. The number of aromatic carboxylic acids is 1. The predicted molar refractivity (Wildman–Crippen MR) is 59.7 cm³/mol. The number of carboxylic acids is 1. The van der Waals surface area contributed by atoms with Crippen LogP contribution in [0.1, 0.15) is 23.0 Å². The Labute approximate surface area is 99.2 Å². The quantitative estimate of drug-likeness (QED) is 0.820. The molecule has 1 fully saturated rings. The van der Waals surface area contributed by atoms with E-state index in [2.05, 4.69) is 21.8 Å². The SMILES string of the molecule is CC1COCCN1Cc1ncncc1C(=O)O. The Morgan fingerprint density at radius 2 is 2.53 bits per heavy atom. The summed E-state index contributed by atoms with van der Waals surface area (Å²) < 4.78 is 5.34. The molecular formula is C11H15N3O3. The lowest BCUT2D eigenvalue weighted by Gasteiger charge is -2.33. The molecule has 1 aromatic rings. The van der Waals surface area contributed by atoms with Gasteiger partial charge < -0.3 is 9.84 Å². The zero-order valence-electron chi connectivity index (χ0n) is 9.67. The van der Waals surface area contributed by atoms with Gasteiger partial charge in [0.25, 0.3) is 0 Å². The Bertz CT molecular complexity index is 411. The number of hydrogen-bond donors (Lipinski definition) is 1. The fraction of sp³-hybridized carbons (Fsp3) is 0.545. The van der Waals surface area contributed by atoms with Gasteiger partial charge in [0.05, 0.1) is 18.9 Å². The van der Waals surface area contributed by atoms with Crippen LogP contribution in [0.15, 0.2) is 12.5 Å². The number of hydrogen-bond acceptors (Lipinski definition) is 5. The van der Waals surface area contributed by atoms with Gasteiger partial charge in [0.15, 0.2) is 0 Å². The highest BCUT2D eigenvalue weighted by Gasteiger charge is 2.21. The number of carboxylic acid groups (broad SMARTS) is 1. The first kappa shape index (κ1) is 11.9. The molecule has 1 aliphatic rings. The van der Waals surface area contributed by atoms with Crippen LogP contribution < -0.4 is 0 Å². The highest BCUT2D eigenvalue weighted by molar-refractivity contribution is 5.88. The van der Waals surface area contributed by atoms with Crippen LogP contribution in [0, 0.1) is 0 Å². The number of rotatable bonds is 3. The van der Waals surface area contributed by atoms with Gasteiger partial charge in [-0.25, -0.2) is 14.8 Å².